The van der Waals surface area contributed by atoms with E-state index in [1.807, 2.05) is 12.1 Å². The highest BCUT2D eigenvalue weighted by atomic mass is 32.2. The lowest BCUT2D eigenvalue weighted by Gasteiger charge is -2.26. The fourth-order valence-electron chi connectivity index (χ4n) is 5.81. The second-order valence-corrected chi connectivity index (χ2v) is 14.1. The number of aryl methyl sites for hydroxylation is 3. The van der Waals surface area contributed by atoms with Gasteiger partial charge in [-0.15, -0.1) is 0 Å². The van der Waals surface area contributed by atoms with E-state index in [0.717, 1.165) is 29.2 Å². The van der Waals surface area contributed by atoms with Crippen molar-refractivity contribution in [3.63, 3.8) is 0 Å². The van der Waals surface area contributed by atoms with E-state index >= 15 is 0 Å². The Morgan fingerprint density at radius 3 is 1.58 bits per heavy atom. The highest BCUT2D eigenvalue weighted by Crippen LogP contribution is 2.51. The fraction of sp³-hybridized carbons (Fsp3) is 0.294. The van der Waals surface area contributed by atoms with Gasteiger partial charge in [0.05, 0.1) is 28.4 Å². The number of hydrogen-bond acceptors (Lipinski definition) is 10. The van der Waals surface area contributed by atoms with Gasteiger partial charge in [0.25, 0.3) is 10.1 Å². The predicted molar refractivity (Wildman–Crippen MR) is 176 cm³/mol. The number of hydrogen-bond donors (Lipinski definition) is 2. The zero-order valence-corrected chi connectivity index (χ0v) is 29.3. The Morgan fingerprint density at radius 1 is 0.542 bits per heavy atom. The van der Waals surface area contributed by atoms with Gasteiger partial charge >= 0.3 is 10.1 Å². The Labute approximate surface area is 279 Å². The lowest BCUT2D eigenvalue weighted by atomic mass is 9.96. The van der Waals surface area contributed by atoms with Crippen LogP contribution in [0.5, 0.6) is 46.0 Å². The molecule has 2 aliphatic rings. The van der Waals surface area contributed by atoms with Gasteiger partial charge in [0.1, 0.15) is 16.4 Å². The van der Waals surface area contributed by atoms with Gasteiger partial charge in [-0.3, -0.25) is 9.11 Å². The zero-order valence-electron chi connectivity index (χ0n) is 27.7. The lowest BCUT2D eigenvalue weighted by Crippen LogP contribution is -2.15. The van der Waals surface area contributed by atoms with Crippen molar-refractivity contribution in [2.24, 2.45) is 0 Å². The van der Waals surface area contributed by atoms with Crippen LogP contribution in [-0.4, -0.2) is 54.4 Å². The molecule has 2 aliphatic heterocycles. The predicted octanol–water partition coefficient (Wildman–Crippen LogP) is 6.53. The normalized spacial score (nSPS) is 12.9. The summed E-state index contributed by atoms with van der Waals surface area (Å²) in [5.74, 6) is 2.49. The van der Waals surface area contributed by atoms with Gasteiger partial charge in [-0.1, -0.05) is 12.1 Å². The Balaban J connectivity index is 0.000000198. The van der Waals surface area contributed by atoms with Gasteiger partial charge in [-0.05, 0) is 73.7 Å². The highest BCUT2D eigenvalue weighted by molar-refractivity contribution is 7.86. The number of ether oxygens (including phenoxy) is 6. The molecule has 6 rings (SSSR count). The van der Waals surface area contributed by atoms with E-state index in [0.29, 0.717) is 22.4 Å². The maximum absolute atomic E-state index is 12.0. The average molecular weight is 701 g/mol. The molecule has 2 heterocycles. The Hall–Kier alpha value is -4.50. The molecule has 0 bridgehead atoms. The summed E-state index contributed by atoms with van der Waals surface area (Å²) in [7, 11) is -3.73. The molecule has 256 valence electrons. The maximum Gasteiger partial charge on any atom is 0.302 e. The summed E-state index contributed by atoms with van der Waals surface area (Å²) >= 11 is 0. The van der Waals surface area contributed by atoms with Crippen molar-refractivity contribution in [1.29, 1.82) is 0 Å². The number of benzene rings is 4. The molecule has 0 amide bonds. The molecule has 0 unspecified atom stereocenters. The van der Waals surface area contributed by atoms with Crippen LogP contribution in [-0.2, 0) is 33.1 Å². The maximum atomic E-state index is 12.0. The van der Waals surface area contributed by atoms with Gasteiger partial charge in [0.2, 0.25) is 0 Å². The third kappa shape index (κ3) is 6.35. The Bertz CT molecular complexity index is 2110. The largest absolute Gasteiger partial charge is 0.493 e. The fourth-order valence-corrected chi connectivity index (χ4v) is 7.59. The van der Waals surface area contributed by atoms with Crippen LogP contribution in [0.15, 0.2) is 46.2 Å². The van der Waals surface area contributed by atoms with E-state index in [9.17, 15) is 25.9 Å². The van der Waals surface area contributed by atoms with Crippen molar-refractivity contribution in [3.8, 4) is 46.0 Å². The highest BCUT2D eigenvalue weighted by Gasteiger charge is 2.36. The van der Waals surface area contributed by atoms with Crippen molar-refractivity contribution in [1.82, 2.24) is 0 Å². The molecule has 48 heavy (non-hydrogen) atoms. The van der Waals surface area contributed by atoms with Crippen molar-refractivity contribution < 1.29 is 54.4 Å². The first-order valence-corrected chi connectivity index (χ1v) is 17.5. The molecule has 12 nitrogen and oxygen atoms in total. The first-order valence-electron chi connectivity index (χ1n) is 14.6. The SMILES string of the molecule is COc1cc2c(c(S(=O)(=O)O)c1OC)Oc1c(cc(C)c(C)c1S(=O)(=O)O)C2.COc1cc2c(cc1OC)Oc1cc(C)c(C)cc1C2. The van der Waals surface area contributed by atoms with Gasteiger partial charge in [-0.2, -0.15) is 16.8 Å². The third-order valence-corrected chi connectivity index (χ3v) is 10.3. The molecule has 14 heteroatoms. The van der Waals surface area contributed by atoms with E-state index in [4.69, 9.17) is 28.4 Å². The van der Waals surface area contributed by atoms with Crippen LogP contribution in [0.3, 0.4) is 0 Å². The third-order valence-electron chi connectivity index (χ3n) is 8.42. The van der Waals surface area contributed by atoms with Crippen LogP contribution >= 0.6 is 0 Å². The topological polar surface area (TPSA) is 164 Å². The molecule has 4 aromatic carbocycles. The minimum Gasteiger partial charge on any atom is -0.493 e. The van der Waals surface area contributed by atoms with Gasteiger partial charge in [0.15, 0.2) is 39.4 Å². The lowest BCUT2D eigenvalue weighted by molar-refractivity contribution is 0.334. The van der Waals surface area contributed by atoms with Crippen LogP contribution in [0.25, 0.3) is 0 Å². The Morgan fingerprint density at radius 2 is 1.00 bits per heavy atom. The molecule has 0 spiro atoms. The summed E-state index contributed by atoms with van der Waals surface area (Å²) in [6.45, 7) is 7.40. The summed E-state index contributed by atoms with van der Waals surface area (Å²) in [5.41, 5.74) is 6.50. The number of fused-ring (bicyclic) bond motifs is 4. The van der Waals surface area contributed by atoms with Crippen molar-refractivity contribution in [2.45, 2.75) is 50.3 Å². The van der Waals surface area contributed by atoms with E-state index in [2.05, 4.69) is 26.0 Å². The second kappa shape index (κ2) is 12.8. The number of methoxy groups -OCH3 is 4. The van der Waals surface area contributed by atoms with Gasteiger partial charge < -0.3 is 28.4 Å². The molecule has 2 N–H and O–H groups in total. The Kier molecular flexibility index (Phi) is 9.32. The number of rotatable bonds is 6. The van der Waals surface area contributed by atoms with Crippen LogP contribution in [0.1, 0.15) is 44.5 Å². The minimum atomic E-state index is -4.83. The van der Waals surface area contributed by atoms with Crippen LogP contribution in [0, 0.1) is 27.7 Å². The van der Waals surface area contributed by atoms with Gasteiger partial charge in [-0.25, -0.2) is 0 Å². The molecule has 0 aliphatic carbocycles. The molecule has 0 aromatic heterocycles. The molecule has 0 radical (unpaired) electrons. The van der Waals surface area contributed by atoms with Crippen LogP contribution in [0.2, 0.25) is 0 Å². The first kappa shape index (κ1) is 34.8. The quantitative estimate of drug-likeness (QED) is 0.181. The van der Waals surface area contributed by atoms with E-state index in [-0.39, 0.29) is 35.0 Å². The molecule has 0 saturated carbocycles. The van der Waals surface area contributed by atoms with Crippen LogP contribution < -0.4 is 28.4 Å². The van der Waals surface area contributed by atoms with E-state index in [1.54, 1.807) is 27.2 Å². The second-order valence-electron chi connectivity index (χ2n) is 11.4. The summed E-state index contributed by atoms with van der Waals surface area (Å²) in [6, 6.07) is 11.4. The summed E-state index contributed by atoms with van der Waals surface area (Å²) in [6.07, 6.45) is 0.934. The monoisotopic (exact) mass is 700 g/mol. The zero-order chi connectivity index (χ0) is 35.3. The van der Waals surface area contributed by atoms with Crippen molar-refractivity contribution in [3.05, 3.63) is 80.9 Å². The summed E-state index contributed by atoms with van der Waals surface area (Å²) < 4.78 is 100. The van der Waals surface area contributed by atoms with E-state index in [1.165, 1.54) is 43.9 Å². The molecule has 0 fully saturated rings. The van der Waals surface area contributed by atoms with Crippen molar-refractivity contribution in [2.75, 3.05) is 28.4 Å². The molecule has 4 aromatic rings. The standard InChI is InChI=1S/C17H18O9S2.C17H18O3/c1-8-5-10-6-11-7-12(24-3)15(25-4)17(28(21,22)23)14(11)26-13(10)16(9(8)2)27(18,19)20;1-10-5-12-7-13-8-16(18-3)17(19-4)9-15(13)20-14(12)6-11(10)2/h5,7H,6H2,1-4H3,(H,18,19,20)(H,21,22,23);5-6,8-9H,7H2,1-4H3. The summed E-state index contributed by atoms with van der Waals surface area (Å²) in [4.78, 5) is -1.14. The minimum absolute atomic E-state index is 0.0553. The van der Waals surface area contributed by atoms with Crippen molar-refractivity contribution >= 4 is 20.2 Å². The molecular weight excluding hydrogens is 664 g/mol. The molecule has 0 saturated heterocycles. The average Bonchev–Trinajstić information content (AvgIpc) is 3.01. The van der Waals surface area contributed by atoms with Gasteiger partial charge in [0, 0.05) is 35.6 Å². The van der Waals surface area contributed by atoms with E-state index < -0.39 is 30.0 Å². The smallest absolute Gasteiger partial charge is 0.302 e. The molecule has 0 atom stereocenters. The van der Waals surface area contributed by atoms with Crippen LogP contribution in [0.4, 0.5) is 0 Å². The summed E-state index contributed by atoms with van der Waals surface area (Å²) in [5, 5.41) is 0. The molecular formula is C34H36O12S2. The first-order chi connectivity index (χ1) is 22.5.